The van der Waals surface area contributed by atoms with Crippen LogP contribution in [0.15, 0.2) is 11.6 Å². The Morgan fingerprint density at radius 1 is 1.07 bits per heavy atom. The highest BCUT2D eigenvalue weighted by molar-refractivity contribution is 6.20. The molecule has 3 fully saturated rings. The van der Waals surface area contributed by atoms with E-state index in [-0.39, 0.29) is 6.10 Å². The average molecular weight is 407 g/mol. The highest BCUT2D eigenvalue weighted by Crippen LogP contribution is 2.67. The van der Waals surface area contributed by atoms with Gasteiger partial charge in [-0.2, -0.15) is 0 Å². The Balaban J connectivity index is 1.49. The zero-order valence-corrected chi connectivity index (χ0v) is 19.5. The molecule has 0 bridgehead atoms. The molecule has 1 nitrogen and oxygen atoms in total. The summed E-state index contributed by atoms with van der Waals surface area (Å²) < 4.78 is 0. The topological polar surface area (TPSA) is 20.2 Å². The van der Waals surface area contributed by atoms with E-state index in [1.54, 1.807) is 5.57 Å². The van der Waals surface area contributed by atoms with Crippen LogP contribution in [-0.2, 0) is 0 Å². The molecule has 0 aromatic rings. The standard InChI is InChI=1S/C26H43ClO/c1-17(6-5-7-18(2)27)22-10-11-23-21-9-8-19-16-20(28)12-14-25(19,3)24(21)13-15-26(22,23)4/h8,17-18,20-24,28H,5-7,9-16H2,1-4H3/t17-,18?,20+,21+,22-,23+,24+,25+,26-/m1/s1. The molecule has 28 heavy (non-hydrogen) atoms. The lowest BCUT2D eigenvalue weighted by Crippen LogP contribution is -2.50. The molecule has 3 saturated carbocycles. The third-order valence-electron chi connectivity index (χ3n) is 10.1. The van der Waals surface area contributed by atoms with E-state index in [4.69, 9.17) is 11.6 Å². The molecular formula is C26H43ClO. The summed E-state index contributed by atoms with van der Waals surface area (Å²) in [7, 11) is 0. The van der Waals surface area contributed by atoms with E-state index in [0.29, 0.717) is 16.2 Å². The quantitative estimate of drug-likeness (QED) is 0.373. The molecule has 4 rings (SSSR count). The van der Waals surface area contributed by atoms with Crippen molar-refractivity contribution in [3.8, 4) is 0 Å². The molecule has 0 aliphatic heterocycles. The molecule has 9 atom stereocenters. The minimum atomic E-state index is -0.0860. The van der Waals surface area contributed by atoms with Crippen molar-refractivity contribution >= 4 is 11.6 Å². The van der Waals surface area contributed by atoms with Crippen LogP contribution >= 0.6 is 11.6 Å². The van der Waals surface area contributed by atoms with E-state index in [1.807, 2.05) is 0 Å². The molecule has 2 heteroatoms. The second kappa shape index (κ2) is 7.92. The smallest absolute Gasteiger partial charge is 0.0577 e. The Morgan fingerprint density at radius 2 is 1.86 bits per heavy atom. The number of hydrogen-bond donors (Lipinski definition) is 1. The van der Waals surface area contributed by atoms with E-state index in [1.165, 1.54) is 57.8 Å². The van der Waals surface area contributed by atoms with E-state index in [0.717, 1.165) is 42.4 Å². The summed E-state index contributed by atoms with van der Waals surface area (Å²) in [6.07, 6.45) is 16.5. The zero-order chi connectivity index (χ0) is 20.1. The highest BCUT2D eigenvalue weighted by Gasteiger charge is 2.59. The zero-order valence-electron chi connectivity index (χ0n) is 18.7. The fraction of sp³-hybridized carbons (Fsp3) is 0.923. The maximum atomic E-state index is 10.2. The second-order valence-electron chi connectivity index (χ2n) is 11.6. The first-order valence-corrected chi connectivity index (χ1v) is 12.7. The van der Waals surface area contributed by atoms with Gasteiger partial charge in [0.05, 0.1) is 6.10 Å². The summed E-state index contributed by atoms with van der Waals surface area (Å²) in [6.45, 7) is 9.88. The SMILES string of the molecule is CC(Cl)CCC[C@@H](C)[C@H]1CC[C@H]2[C@@H]3CC=C4C[C@@H](O)CC[C@]4(C)[C@H]3CC[C@]12C. The predicted molar refractivity (Wildman–Crippen MR) is 120 cm³/mol. The molecule has 4 aliphatic rings. The molecule has 0 spiro atoms. The van der Waals surface area contributed by atoms with Gasteiger partial charge in [0.15, 0.2) is 0 Å². The van der Waals surface area contributed by atoms with E-state index >= 15 is 0 Å². The van der Waals surface area contributed by atoms with Crippen LogP contribution in [0.1, 0.15) is 98.3 Å². The van der Waals surface area contributed by atoms with E-state index in [2.05, 4.69) is 33.8 Å². The van der Waals surface area contributed by atoms with Crippen LogP contribution in [0.3, 0.4) is 0 Å². The maximum absolute atomic E-state index is 10.2. The Morgan fingerprint density at radius 3 is 2.61 bits per heavy atom. The van der Waals surface area contributed by atoms with Crippen LogP contribution in [0, 0.1) is 40.4 Å². The monoisotopic (exact) mass is 406 g/mol. The largest absolute Gasteiger partial charge is 0.393 e. The van der Waals surface area contributed by atoms with Crippen molar-refractivity contribution in [3.05, 3.63) is 11.6 Å². The molecule has 1 N–H and O–H groups in total. The number of fused-ring (bicyclic) bond motifs is 5. The van der Waals surface area contributed by atoms with Crippen molar-refractivity contribution in [2.45, 2.75) is 110 Å². The van der Waals surface area contributed by atoms with Gasteiger partial charge in [-0.3, -0.25) is 0 Å². The Bertz CT molecular complexity index is 597. The lowest BCUT2D eigenvalue weighted by molar-refractivity contribution is -0.0572. The van der Waals surface area contributed by atoms with E-state index < -0.39 is 0 Å². The number of alkyl halides is 1. The van der Waals surface area contributed by atoms with Crippen molar-refractivity contribution in [2.75, 3.05) is 0 Å². The van der Waals surface area contributed by atoms with Gasteiger partial charge in [0.2, 0.25) is 0 Å². The van der Waals surface area contributed by atoms with Crippen molar-refractivity contribution in [1.29, 1.82) is 0 Å². The summed E-state index contributed by atoms with van der Waals surface area (Å²) in [5.41, 5.74) is 2.54. The van der Waals surface area contributed by atoms with Crippen LogP contribution in [0.4, 0.5) is 0 Å². The van der Waals surface area contributed by atoms with Crippen molar-refractivity contribution in [2.24, 2.45) is 40.4 Å². The van der Waals surface area contributed by atoms with Gasteiger partial charge in [-0.1, -0.05) is 45.3 Å². The van der Waals surface area contributed by atoms with Crippen LogP contribution in [0.25, 0.3) is 0 Å². The first kappa shape index (κ1) is 21.2. The van der Waals surface area contributed by atoms with Crippen LogP contribution in [0.2, 0.25) is 0 Å². The van der Waals surface area contributed by atoms with Gasteiger partial charge in [0.1, 0.15) is 0 Å². The molecule has 4 aliphatic carbocycles. The number of rotatable bonds is 5. The molecule has 0 radical (unpaired) electrons. The first-order chi connectivity index (χ1) is 13.3. The van der Waals surface area contributed by atoms with E-state index in [9.17, 15) is 5.11 Å². The van der Waals surface area contributed by atoms with Gasteiger partial charge >= 0.3 is 0 Å². The van der Waals surface area contributed by atoms with Gasteiger partial charge in [-0.05, 0) is 105 Å². The Kier molecular flexibility index (Phi) is 6.00. The lowest BCUT2D eigenvalue weighted by atomic mass is 9.47. The molecule has 0 saturated heterocycles. The first-order valence-electron chi connectivity index (χ1n) is 12.3. The summed E-state index contributed by atoms with van der Waals surface area (Å²) in [6, 6.07) is 0. The van der Waals surface area contributed by atoms with Gasteiger partial charge in [-0.15, -0.1) is 11.6 Å². The molecular weight excluding hydrogens is 364 g/mol. The molecule has 0 aromatic carbocycles. The Hall–Kier alpha value is -0.0100. The Labute approximate surface area is 178 Å². The van der Waals surface area contributed by atoms with Crippen LogP contribution in [-0.4, -0.2) is 16.6 Å². The van der Waals surface area contributed by atoms with Gasteiger partial charge in [-0.25, -0.2) is 0 Å². The molecule has 1 unspecified atom stereocenters. The van der Waals surface area contributed by atoms with Crippen molar-refractivity contribution in [1.82, 2.24) is 0 Å². The van der Waals surface area contributed by atoms with Gasteiger partial charge < -0.3 is 5.11 Å². The molecule has 0 aromatic heterocycles. The summed E-state index contributed by atoms with van der Waals surface area (Å²) >= 11 is 6.19. The van der Waals surface area contributed by atoms with Crippen LogP contribution in [0.5, 0.6) is 0 Å². The fourth-order valence-corrected chi connectivity index (χ4v) is 8.69. The minimum Gasteiger partial charge on any atom is -0.393 e. The van der Waals surface area contributed by atoms with Gasteiger partial charge in [0.25, 0.3) is 0 Å². The summed E-state index contributed by atoms with van der Waals surface area (Å²) in [5.74, 6) is 4.44. The number of aliphatic hydroxyl groups is 1. The number of halogens is 1. The number of aliphatic hydroxyl groups excluding tert-OH is 1. The molecule has 0 heterocycles. The normalized spacial score (nSPS) is 47.5. The number of allylic oxidation sites excluding steroid dienone is 1. The van der Waals surface area contributed by atoms with Gasteiger partial charge in [0, 0.05) is 5.38 Å². The molecule has 0 amide bonds. The fourth-order valence-electron chi connectivity index (χ4n) is 8.54. The van der Waals surface area contributed by atoms with Crippen LogP contribution < -0.4 is 0 Å². The highest BCUT2D eigenvalue weighted by atomic mass is 35.5. The maximum Gasteiger partial charge on any atom is 0.0577 e. The second-order valence-corrected chi connectivity index (χ2v) is 12.3. The van der Waals surface area contributed by atoms with Crippen molar-refractivity contribution in [3.63, 3.8) is 0 Å². The third-order valence-corrected chi connectivity index (χ3v) is 10.3. The number of hydrogen-bond acceptors (Lipinski definition) is 1. The third kappa shape index (κ3) is 3.51. The lowest BCUT2D eigenvalue weighted by Gasteiger charge is -2.58. The average Bonchev–Trinajstić information content (AvgIpc) is 2.99. The predicted octanol–water partition coefficient (Wildman–Crippen LogP) is 7.36. The summed E-state index contributed by atoms with van der Waals surface area (Å²) in [4.78, 5) is 0. The van der Waals surface area contributed by atoms with Crippen molar-refractivity contribution < 1.29 is 5.11 Å². The summed E-state index contributed by atoms with van der Waals surface area (Å²) in [5, 5.41) is 10.5. The molecule has 160 valence electrons. The minimum absolute atomic E-state index is 0.0860.